The highest BCUT2D eigenvalue weighted by Gasteiger charge is 2.18. The second-order valence-corrected chi connectivity index (χ2v) is 6.56. The van der Waals surface area contributed by atoms with Gasteiger partial charge in [0.15, 0.2) is 0 Å². The van der Waals surface area contributed by atoms with Crippen molar-refractivity contribution in [2.75, 3.05) is 5.32 Å². The van der Waals surface area contributed by atoms with E-state index in [1.165, 1.54) is 0 Å². The van der Waals surface area contributed by atoms with Crippen molar-refractivity contribution >= 4 is 23.2 Å². The maximum Gasteiger partial charge on any atom is 0.259 e. The van der Waals surface area contributed by atoms with Gasteiger partial charge in [-0.15, -0.1) is 0 Å². The molecule has 3 aromatic carbocycles. The minimum absolute atomic E-state index is 0.237. The van der Waals surface area contributed by atoms with Crippen molar-refractivity contribution < 1.29 is 9.32 Å². The predicted molar refractivity (Wildman–Crippen MR) is 109 cm³/mol. The van der Waals surface area contributed by atoms with Gasteiger partial charge in [0.1, 0.15) is 0 Å². The first-order valence-electron chi connectivity index (χ1n) is 8.64. The van der Waals surface area contributed by atoms with Crippen LogP contribution < -0.4 is 5.32 Å². The molecule has 0 fully saturated rings. The van der Waals surface area contributed by atoms with Crippen LogP contribution in [0, 0.1) is 11.3 Å². The molecule has 0 saturated carbocycles. The summed E-state index contributed by atoms with van der Waals surface area (Å²) in [6.07, 6.45) is 0. The molecule has 4 aromatic rings. The van der Waals surface area contributed by atoms with Gasteiger partial charge in [0, 0.05) is 16.3 Å². The summed E-state index contributed by atoms with van der Waals surface area (Å²) >= 11 is 5.91. The molecule has 1 aromatic heterocycles. The summed E-state index contributed by atoms with van der Waals surface area (Å²) in [7, 11) is 0. The fourth-order valence-corrected chi connectivity index (χ4v) is 2.87. The lowest BCUT2D eigenvalue weighted by Crippen LogP contribution is -2.13. The number of carbonyl (C=O) groups is 1. The van der Waals surface area contributed by atoms with E-state index in [1.807, 2.05) is 6.07 Å². The molecule has 7 heteroatoms. The lowest BCUT2D eigenvalue weighted by atomic mass is 10.1. The number of nitrogens with one attached hydrogen (secondary N) is 1. The average molecular weight is 401 g/mol. The predicted octanol–water partition coefficient (Wildman–Crippen LogP) is 5.18. The van der Waals surface area contributed by atoms with Gasteiger partial charge in [0.05, 0.1) is 22.8 Å². The van der Waals surface area contributed by atoms with Crippen LogP contribution in [0.25, 0.3) is 22.8 Å². The maximum atomic E-state index is 12.8. The first kappa shape index (κ1) is 18.4. The molecular formula is C22H13ClN4O2. The van der Waals surface area contributed by atoms with Crippen molar-refractivity contribution in [3.05, 3.63) is 88.9 Å². The number of hydrogen-bond donors (Lipinski definition) is 1. The van der Waals surface area contributed by atoms with E-state index in [9.17, 15) is 4.79 Å². The summed E-state index contributed by atoms with van der Waals surface area (Å²) < 4.78 is 5.40. The zero-order valence-electron chi connectivity index (χ0n) is 15.0. The van der Waals surface area contributed by atoms with Crippen LogP contribution in [-0.4, -0.2) is 16.0 Å². The highest BCUT2D eigenvalue weighted by Crippen LogP contribution is 2.26. The normalized spacial score (nSPS) is 10.3. The van der Waals surface area contributed by atoms with Crippen molar-refractivity contribution in [3.63, 3.8) is 0 Å². The van der Waals surface area contributed by atoms with Gasteiger partial charge in [-0.1, -0.05) is 28.9 Å². The number of hydrogen-bond acceptors (Lipinski definition) is 5. The van der Waals surface area contributed by atoms with Crippen molar-refractivity contribution in [1.82, 2.24) is 10.1 Å². The molecule has 0 aliphatic rings. The van der Waals surface area contributed by atoms with Crippen LogP contribution in [-0.2, 0) is 0 Å². The minimum atomic E-state index is -0.323. The van der Waals surface area contributed by atoms with Crippen molar-refractivity contribution in [1.29, 1.82) is 5.26 Å². The van der Waals surface area contributed by atoms with Crippen LogP contribution in [0.3, 0.4) is 0 Å². The van der Waals surface area contributed by atoms with Crippen LogP contribution in [0.1, 0.15) is 15.9 Å². The third-order valence-corrected chi connectivity index (χ3v) is 4.45. The number of anilines is 1. The first-order chi connectivity index (χ1) is 14.1. The van der Waals surface area contributed by atoms with Crippen LogP contribution in [0.5, 0.6) is 0 Å². The third kappa shape index (κ3) is 4.00. The summed E-state index contributed by atoms with van der Waals surface area (Å²) in [4.78, 5) is 17.2. The number of amides is 1. The second kappa shape index (κ2) is 7.97. The summed E-state index contributed by atoms with van der Waals surface area (Å²) in [5, 5.41) is 16.3. The highest BCUT2D eigenvalue weighted by atomic mass is 35.5. The van der Waals surface area contributed by atoms with Crippen molar-refractivity contribution in [3.8, 4) is 28.9 Å². The Labute approximate surface area is 171 Å². The Morgan fingerprint density at radius 3 is 2.45 bits per heavy atom. The van der Waals surface area contributed by atoms with E-state index in [4.69, 9.17) is 21.4 Å². The number of carbonyl (C=O) groups excluding carboxylic acids is 1. The Morgan fingerprint density at radius 1 is 1.00 bits per heavy atom. The molecule has 0 bridgehead atoms. The number of nitrogens with zero attached hydrogens (tertiary/aromatic N) is 3. The molecule has 140 valence electrons. The Bertz CT molecular complexity index is 1210. The van der Waals surface area contributed by atoms with Gasteiger partial charge in [0.2, 0.25) is 5.82 Å². The van der Waals surface area contributed by atoms with Crippen LogP contribution >= 0.6 is 11.6 Å². The summed E-state index contributed by atoms with van der Waals surface area (Å²) in [6, 6.07) is 22.7. The van der Waals surface area contributed by atoms with Gasteiger partial charge in [-0.05, 0) is 60.7 Å². The van der Waals surface area contributed by atoms with Gasteiger partial charge in [0.25, 0.3) is 11.8 Å². The topological polar surface area (TPSA) is 91.8 Å². The van der Waals surface area contributed by atoms with Gasteiger partial charge < -0.3 is 9.84 Å². The molecule has 1 heterocycles. The molecule has 0 atom stereocenters. The first-order valence-corrected chi connectivity index (χ1v) is 9.02. The van der Waals surface area contributed by atoms with E-state index < -0.39 is 0 Å². The molecule has 0 unspecified atom stereocenters. The number of aromatic nitrogens is 2. The molecule has 0 aliphatic carbocycles. The van der Waals surface area contributed by atoms with Gasteiger partial charge in [-0.2, -0.15) is 10.2 Å². The molecule has 0 radical (unpaired) electrons. The molecule has 0 spiro atoms. The zero-order chi connectivity index (χ0) is 20.2. The van der Waals surface area contributed by atoms with Gasteiger partial charge in [-0.3, -0.25) is 4.79 Å². The SMILES string of the molecule is N#Cc1ccc(NC(=O)c2ccccc2-c2nc(-c3ccc(Cl)cc3)no2)cc1. The number of halogens is 1. The lowest BCUT2D eigenvalue weighted by molar-refractivity contribution is 0.102. The highest BCUT2D eigenvalue weighted by molar-refractivity contribution is 6.30. The Balaban J connectivity index is 1.62. The van der Waals surface area contributed by atoms with Gasteiger partial charge >= 0.3 is 0 Å². The number of benzene rings is 3. The summed E-state index contributed by atoms with van der Waals surface area (Å²) in [6.45, 7) is 0. The molecule has 29 heavy (non-hydrogen) atoms. The summed E-state index contributed by atoms with van der Waals surface area (Å²) in [5.74, 6) is 0.316. The molecule has 6 nitrogen and oxygen atoms in total. The number of nitriles is 1. The van der Waals surface area contributed by atoms with Crippen LogP contribution in [0.15, 0.2) is 77.3 Å². The number of rotatable bonds is 4. The molecule has 0 saturated heterocycles. The standard InChI is InChI=1S/C22H13ClN4O2/c23-16-9-7-15(8-10-16)20-26-22(29-27-20)19-4-2-1-3-18(19)21(28)25-17-11-5-14(13-24)6-12-17/h1-12H,(H,25,28). The maximum absolute atomic E-state index is 12.8. The fourth-order valence-electron chi connectivity index (χ4n) is 2.74. The van der Waals surface area contributed by atoms with E-state index >= 15 is 0 Å². The molecular weight excluding hydrogens is 388 g/mol. The van der Waals surface area contributed by atoms with E-state index in [-0.39, 0.29) is 11.8 Å². The second-order valence-electron chi connectivity index (χ2n) is 6.12. The molecule has 1 N–H and O–H groups in total. The van der Waals surface area contributed by atoms with E-state index in [2.05, 4.69) is 15.5 Å². The average Bonchev–Trinajstić information content (AvgIpc) is 3.25. The lowest BCUT2D eigenvalue weighted by Gasteiger charge is -2.08. The zero-order valence-corrected chi connectivity index (χ0v) is 15.7. The third-order valence-electron chi connectivity index (χ3n) is 4.20. The molecule has 4 rings (SSSR count). The van der Waals surface area contributed by atoms with E-state index in [0.717, 1.165) is 5.56 Å². The van der Waals surface area contributed by atoms with Gasteiger partial charge in [-0.25, -0.2) is 0 Å². The molecule has 1 amide bonds. The Kier molecular flexibility index (Phi) is 5.06. The van der Waals surface area contributed by atoms with E-state index in [0.29, 0.717) is 33.2 Å². The van der Waals surface area contributed by atoms with Crippen molar-refractivity contribution in [2.45, 2.75) is 0 Å². The van der Waals surface area contributed by atoms with Crippen LogP contribution in [0.4, 0.5) is 5.69 Å². The monoisotopic (exact) mass is 400 g/mol. The smallest absolute Gasteiger partial charge is 0.259 e. The summed E-state index contributed by atoms with van der Waals surface area (Å²) in [5.41, 5.74) is 2.76. The van der Waals surface area contributed by atoms with E-state index in [1.54, 1.807) is 72.8 Å². The minimum Gasteiger partial charge on any atom is -0.334 e. The van der Waals surface area contributed by atoms with Crippen LogP contribution in [0.2, 0.25) is 5.02 Å². The largest absolute Gasteiger partial charge is 0.334 e. The Morgan fingerprint density at radius 2 is 1.72 bits per heavy atom. The fraction of sp³-hybridized carbons (Fsp3) is 0. The molecule has 0 aliphatic heterocycles. The van der Waals surface area contributed by atoms with Crippen molar-refractivity contribution in [2.24, 2.45) is 0 Å². The quantitative estimate of drug-likeness (QED) is 0.509. The Hall–Kier alpha value is -3.95.